The molecule has 1 aliphatic heterocycles. The van der Waals surface area contributed by atoms with Crippen molar-refractivity contribution >= 4 is 11.9 Å². The van der Waals surface area contributed by atoms with Crippen LogP contribution in [0, 0.1) is 0 Å². The van der Waals surface area contributed by atoms with Gasteiger partial charge in [0.2, 0.25) is 11.9 Å². The van der Waals surface area contributed by atoms with Gasteiger partial charge < -0.3 is 20.5 Å². The van der Waals surface area contributed by atoms with Crippen LogP contribution in [0.4, 0.5) is 11.9 Å². The van der Waals surface area contributed by atoms with Gasteiger partial charge in [-0.15, -0.1) is 5.10 Å². The van der Waals surface area contributed by atoms with Crippen molar-refractivity contribution < 1.29 is 9.47 Å². The molecular weight excluding hydrogens is 414 g/mol. The molecule has 7 nitrogen and oxygen atoms in total. The zero-order valence-electron chi connectivity index (χ0n) is 18.5. The molecule has 5 rings (SSSR count). The van der Waals surface area contributed by atoms with E-state index in [1.807, 2.05) is 54.1 Å². The van der Waals surface area contributed by atoms with Gasteiger partial charge in [0.05, 0.1) is 18.7 Å². The third kappa shape index (κ3) is 4.62. The van der Waals surface area contributed by atoms with Gasteiger partial charge in [-0.3, -0.25) is 0 Å². The first-order valence-electron chi connectivity index (χ1n) is 11.2. The molecule has 0 saturated carbocycles. The Balaban J connectivity index is 1.35. The Morgan fingerprint density at radius 2 is 1.58 bits per heavy atom. The van der Waals surface area contributed by atoms with Crippen LogP contribution in [0.5, 0.6) is 11.5 Å². The fourth-order valence-electron chi connectivity index (χ4n) is 4.18. The number of anilines is 2. The van der Waals surface area contributed by atoms with Crippen LogP contribution in [0.1, 0.15) is 42.1 Å². The Kier molecular flexibility index (Phi) is 5.85. The summed E-state index contributed by atoms with van der Waals surface area (Å²) >= 11 is 0. The molecule has 4 aromatic rings. The van der Waals surface area contributed by atoms with Gasteiger partial charge in [0.25, 0.3) is 0 Å². The lowest BCUT2D eigenvalue weighted by Gasteiger charge is -2.31. The second-order valence-corrected chi connectivity index (χ2v) is 8.03. The standard InChI is InChI=1S/C26H27N5O2/c1-2-32-21-12-8-19(9-13-21)23-16-24(31-26(28-23)29-25(27)30-31)20-10-14-22(15-11-20)33-17-18-6-4-3-5-7-18/h3-15,23-24H,2,16-17H2,1H3,(H3,27,28,29,30). The van der Waals surface area contributed by atoms with E-state index < -0.39 is 0 Å². The lowest BCUT2D eigenvalue weighted by atomic mass is 9.93. The second kappa shape index (κ2) is 9.24. The highest BCUT2D eigenvalue weighted by Gasteiger charge is 2.30. The first kappa shape index (κ1) is 20.9. The molecule has 2 unspecified atom stereocenters. The number of hydrogen-bond acceptors (Lipinski definition) is 6. The number of nitrogens with one attached hydrogen (secondary N) is 1. The molecule has 2 atom stereocenters. The second-order valence-electron chi connectivity index (χ2n) is 8.03. The van der Waals surface area contributed by atoms with E-state index in [2.05, 4.69) is 51.8 Å². The molecule has 0 spiro atoms. The Morgan fingerprint density at radius 3 is 2.27 bits per heavy atom. The maximum absolute atomic E-state index is 5.95. The maximum Gasteiger partial charge on any atom is 0.241 e. The lowest BCUT2D eigenvalue weighted by Crippen LogP contribution is -2.28. The van der Waals surface area contributed by atoms with E-state index in [9.17, 15) is 0 Å². The molecule has 1 aliphatic rings. The number of ether oxygens (including phenoxy) is 2. The van der Waals surface area contributed by atoms with Crippen LogP contribution in [-0.2, 0) is 6.61 Å². The number of nitrogen functional groups attached to an aromatic ring is 1. The van der Waals surface area contributed by atoms with Crippen LogP contribution < -0.4 is 20.5 Å². The van der Waals surface area contributed by atoms with Crippen molar-refractivity contribution in [3.05, 3.63) is 95.6 Å². The van der Waals surface area contributed by atoms with E-state index in [0.29, 0.717) is 19.2 Å². The smallest absolute Gasteiger partial charge is 0.241 e. The van der Waals surface area contributed by atoms with Crippen molar-refractivity contribution in [3.8, 4) is 11.5 Å². The van der Waals surface area contributed by atoms with Gasteiger partial charge in [0, 0.05) is 0 Å². The zero-order valence-corrected chi connectivity index (χ0v) is 18.5. The summed E-state index contributed by atoms with van der Waals surface area (Å²) in [6, 6.07) is 26.6. The summed E-state index contributed by atoms with van der Waals surface area (Å²) < 4.78 is 13.4. The van der Waals surface area contributed by atoms with E-state index in [-0.39, 0.29) is 18.0 Å². The lowest BCUT2D eigenvalue weighted by molar-refractivity contribution is 0.306. The zero-order chi connectivity index (χ0) is 22.6. The third-order valence-electron chi connectivity index (χ3n) is 5.81. The van der Waals surface area contributed by atoms with Crippen LogP contribution in [-0.4, -0.2) is 21.4 Å². The molecule has 0 radical (unpaired) electrons. The minimum atomic E-state index is 0.00536. The van der Waals surface area contributed by atoms with E-state index in [1.54, 1.807) is 0 Å². The Morgan fingerprint density at radius 1 is 0.909 bits per heavy atom. The van der Waals surface area contributed by atoms with Gasteiger partial charge >= 0.3 is 0 Å². The topological polar surface area (TPSA) is 87.2 Å². The minimum absolute atomic E-state index is 0.00536. The predicted octanol–water partition coefficient (Wildman–Crippen LogP) is 4.98. The average molecular weight is 442 g/mol. The Hall–Kier alpha value is -4.00. The summed E-state index contributed by atoms with van der Waals surface area (Å²) in [5, 5.41) is 7.92. The normalized spacial score (nSPS) is 17.1. The Bertz CT molecular complexity index is 1190. The van der Waals surface area contributed by atoms with Crippen molar-refractivity contribution in [1.82, 2.24) is 14.8 Å². The molecule has 168 valence electrons. The molecule has 1 aromatic heterocycles. The highest BCUT2D eigenvalue weighted by Crippen LogP contribution is 2.38. The summed E-state index contributed by atoms with van der Waals surface area (Å²) in [7, 11) is 0. The molecular formula is C26H27N5O2. The highest BCUT2D eigenvalue weighted by atomic mass is 16.5. The van der Waals surface area contributed by atoms with Crippen LogP contribution in [0.2, 0.25) is 0 Å². The van der Waals surface area contributed by atoms with E-state index >= 15 is 0 Å². The van der Waals surface area contributed by atoms with Gasteiger partial charge in [-0.25, -0.2) is 4.68 Å². The molecule has 0 aliphatic carbocycles. The molecule has 0 fully saturated rings. The predicted molar refractivity (Wildman–Crippen MR) is 128 cm³/mol. The quantitative estimate of drug-likeness (QED) is 0.420. The Labute approximate surface area is 193 Å². The van der Waals surface area contributed by atoms with Crippen molar-refractivity contribution in [2.45, 2.75) is 32.0 Å². The molecule has 3 aromatic carbocycles. The number of fused-ring (bicyclic) bond motifs is 1. The van der Waals surface area contributed by atoms with Gasteiger partial charge in [0.1, 0.15) is 18.1 Å². The highest BCUT2D eigenvalue weighted by molar-refractivity contribution is 5.43. The SMILES string of the molecule is CCOc1ccc(C2CC(c3ccc(OCc4ccccc4)cc3)n3nc(N)nc3N2)cc1. The van der Waals surface area contributed by atoms with Crippen LogP contribution >= 0.6 is 0 Å². The summed E-state index contributed by atoms with van der Waals surface area (Å²) in [6.07, 6.45) is 0.813. The van der Waals surface area contributed by atoms with Gasteiger partial charge in [-0.2, -0.15) is 4.98 Å². The van der Waals surface area contributed by atoms with E-state index in [4.69, 9.17) is 15.2 Å². The minimum Gasteiger partial charge on any atom is -0.494 e. The number of rotatable bonds is 7. The van der Waals surface area contributed by atoms with Gasteiger partial charge in [0.15, 0.2) is 0 Å². The summed E-state index contributed by atoms with van der Waals surface area (Å²) in [5.74, 6) is 2.63. The molecule has 2 heterocycles. The molecule has 3 N–H and O–H groups in total. The molecule has 7 heteroatoms. The summed E-state index contributed by atoms with van der Waals surface area (Å²) in [4.78, 5) is 4.40. The summed E-state index contributed by atoms with van der Waals surface area (Å²) in [6.45, 7) is 3.17. The van der Waals surface area contributed by atoms with Gasteiger partial charge in [-0.1, -0.05) is 54.6 Å². The molecule has 0 bridgehead atoms. The number of nitrogens with two attached hydrogens (primary N) is 1. The van der Waals surface area contributed by atoms with E-state index in [0.717, 1.165) is 29.0 Å². The average Bonchev–Trinajstić information content (AvgIpc) is 3.24. The third-order valence-corrected chi connectivity index (χ3v) is 5.81. The number of hydrogen-bond donors (Lipinski definition) is 2. The summed E-state index contributed by atoms with van der Waals surface area (Å²) in [5.41, 5.74) is 9.37. The number of benzene rings is 3. The monoisotopic (exact) mass is 441 g/mol. The fourth-order valence-corrected chi connectivity index (χ4v) is 4.18. The van der Waals surface area contributed by atoms with Gasteiger partial charge in [-0.05, 0) is 54.3 Å². The number of aromatic nitrogens is 3. The van der Waals surface area contributed by atoms with Crippen LogP contribution in [0.25, 0.3) is 0 Å². The maximum atomic E-state index is 5.95. The molecule has 33 heavy (non-hydrogen) atoms. The molecule has 0 amide bonds. The first-order chi connectivity index (χ1) is 16.2. The fraction of sp³-hybridized carbons (Fsp3) is 0.231. The first-order valence-corrected chi connectivity index (χ1v) is 11.2. The van der Waals surface area contributed by atoms with Crippen molar-refractivity contribution in [3.63, 3.8) is 0 Å². The van der Waals surface area contributed by atoms with E-state index in [1.165, 1.54) is 5.56 Å². The van der Waals surface area contributed by atoms with Crippen LogP contribution in [0.3, 0.4) is 0 Å². The van der Waals surface area contributed by atoms with Crippen molar-refractivity contribution in [1.29, 1.82) is 0 Å². The van der Waals surface area contributed by atoms with Crippen LogP contribution in [0.15, 0.2) is 78.9 Å². The molecule has 0 saturated heterocycles. The van der Waals surface area contributed by atoms with Crippen molar-refractivity contribution in [2.75, 3.05) is 17.7 Å². The largest absolute Gasteiger partial charge is 0.494 e. The van der Waals surface area contributed by atoms with Crippen molar-refractivity contribution in [2.24, 2.45) is 0 Å². The number of nitrogens with zero attached hydrogens (tertiary/aromatic N) is 3.